The van der Waals surface area contributed by atoms with Crippen LogP contribution in [-0.4, -0.2) is 127 Å². The average molecular weight is 1150 g/mol. The Kier molecular flexibility index (Phi) is 16.8. The molecule has 4 saturated carbocycles. The first-order valence-electron chi connectivity index (χ1n) is 33.7. The van der Waals surface area contributed by atoms with Crippen molar-refractivity contribution in [2.24, 2.45) is 29.6 Å². The highest BCUT2D eigenvalue weighted by molar-refractivity contribution is 5.74. The zero-order chi connectivity index (χ0) is 57.7. The number of benzene rings is 3. The molecule has 13 heteroatoms. The van der Waals surface area contributed by atoms with Crippen molar-refractivity contribution in [3.05, 3.63) is 106 Å². The monoisotopic (exact) mass is 1150 g/mol. The molecule has 0 aromatic heterocycles. The molecule has 84 heavy (non-hydrogen) atoms. The number of rotatable bonds is 9. The normalized spacial score (nSPS) is 33.4. The molecular weight excluding hydrogens is 1050 g/mol. The zero-order valence-electron chi connectivity index (χ0n) is 51.3. The van der Waals surface area contributed by atoms with Gasteiger partial charge < -0.3 is 45.0 Å². The number of ether oxygens (including phenoxy) is 2. The van der Waals surface area contributed by atoms with Crippen LogP contribution in [0.2, 0.25) is 0 Å². The van der Waals surface area contributed by atoms with Gasteiger partial charge in [0, 0.05) is 65.1 Å². The summed E-state index contributed by atoms with van der Waals surface area (Å²) in [5, 5.41) is 9.51. The van der Waals surface area contributed by atoms with Crippen LogP contribution < -0.4 is 16.0 Å². The molecule has 0 radical (unpaired) electrons. The molecule has 3 unspecified atom stereocenters. The molecule has 4 amide bonds. The molecule has 12 aliphatic rings. The molecule has 6 bridgehead atoms. The van der Waals surface area contributed by atoms with E-state index in [2.05, 4.69) is 103 Å². The molecule has 460 valence electrons. The first kappa shape index (κ1) is 58.1. The quantitative estimate of drug-likeness (QED) is 0.191. The Morgan fingerprint density at radius 2 is 0.952 bits per heavy atom. The predicted octanol–water partition coefficient (Wildman–Crippen LogP) is 12.9. The van der Waals surface area contributed by atoms with Crippen molar-refractivity contribution in [3.8, 4) is 0 Å². The smallest absolute Gasteiger partial charge is 0.410 e. The fraction of sp³-hybridized carbons (Fsp3) is 0.690. The van der Waals surface area contributed by atoms with Gasteiger partial charge in [-0.15, -0.1) is 0 Å². The Labute approximate surface area is 506 Å². The summed E-state index contributed by atoms with van der Waals surface area (Å²) < 4.78 is 10.5. The first-order valence-corrected chi connectivity index (χ1v) is 33.7. The highest BCUT2D eigenvalue weighted by Gasteiger charge is 2.52. The molecule has 15 rings (SSSR count). The van der Waals surface area contributed by atoms with Crippen molar-refractivity contribution < 1.29 is 32.9 Å². The van der Waals surface area contributed by atoms with Crippen LogP contribution in [0.3, 0.4) is 0 Å². The molecule has 5 saturated heterocycles. The lowest BCUT2D eigenvalue weighted by molar-refractivity contribution is -0.120. The van der Waals surface area contributed by atoms with Crippen molar-refractivity contribution in [1.82, 2.24) is 35.6 Å². The van der Waals surface area contributed by atoms with E-state index < -0.39 is 0 Å². The van der Waals surface area contributed by atoms with E-state index in [-0.39, 0.29) is 62.7 Å². The number of alkyl carbamates (subject to hydrolysis) is 1. The minimum absolute atomic E-state index is 0. The Morgan fingerprint density at radius 1 is 0.500 bits per heavy atom. The third-order valence-electron chi connectivity index (χ3n) is 24.4. The van der Waals surface area contributed by atoms with Gasteiger partial charge >= 0.3 is 12.2 Å². The summed E-state index contributed by atoms with van der Waals surface area (Å²) in [6.07, 6.45) is 26.3. The van der Waals surface area contributed by atoms with E-state index in [1.807, 2.05) is 18.7 Å². The second kappa shape index (κ2) is 24.3. The van der Waals surface area contributed by atoms with Gasteiger partial charge in [0.25, 0.3) is 0 Å². The molecule has 3 spiro atoms. The van der Waals surface area contributed by atoms with Gasteiger partial charge in [0.05, 0.1) is 31.3 Å². The number of hydrogen-bond donors (Lipinski definition) is 3. The summed E-state index contributed by atoms with van der Waals surface area (Å²) in [5.41, 5.74) is 9.12. The number of hydrogen-bond acceptors (Lipinski definition) is 9. The molecule has 11 atom stereocenters. The average Bonchev–Trinajstić information content (AvgIpc) is 3.47. The second-order valence-corrected chi connectivity index (χ2v) is 28.8. The molecule has 9 fully saturated rings. The van der Waals surface area contributed by atoms with Gasteiger partial charge in [-0.2, -0.15) is 0 Å². The van der Waals surface area contributed by atoms with E-state index in [1.165, 1.54) is 143 Å². The third-order valence-corrected chi connectivity index (χ3v) is 24.4. The van der Waals surface area contributed by atoms with Crippen LogP contribution in [0.25, 0.3) is 0 Å². The molecule has 5 heterocycles. The van der Waals surface area contributed by atoms with Crippen LogP contribution in [0.15, 0.2) is 72.8 Å². The van der Waals surface area contributed by atoms with Crippen LogP contribution in [0.4, 0.5) is 9.59 Å². The number of piperidine rings is 4. The van der Waals surface area contributed by atoms with Gasteiger partial charge in [-0.25, -0.2) is 9.59 Å². The standard InChI is InChI=1S/C25H35N3O3.C24H34N2O2.C22H30N2O.3H2/c1-3-31-24(30)28-18-8-9-19(28)15-20(14-18)27-12-10-25(11-13-27)16-23(26-17(2)29)21-6-4-5-7-22(21)25;1-2-28-23(27)25-22-15-24(21-6-4-3-5-20(21)22)9-11-26(12-10-24)16-19-14-17-7-8-18(19)13-17;1-15(25)23-20-14-22(19-5-3-2-4-18(19)20)8-10-24(11-9-22)21-13-16-6-7-17(21)12-16;;;/h4-7,18-20,23H,3,8-16H2,1-2H3,(H,26,29);3-6,17-19,22H,2,7-16H2,1H3,(H,25,27);2-5,16-17,20-21H,6-14H2,1H3,(H,23,25);3*1H/t;17-,18-,19+,22-;16-,17+,20+,21+;;;/m.00.../s1. The lowest BCUT2D eigenvalue weighted by Crippen LogP contribution is -2.55. The van der Waals surface area contributed by atoms with Gasteiger partial charge in [-0.05, 0) is 238 Å². The van der Waals surface area contributed by atoms with Crippen molar-refractivity contribution >= 4 is 24.0 Å². The molecule has 3 aromatic carbocycles. The van der Waals surface area contributed by atoms with E-state index in [4.69, 9.17) is 9.47 Å². The van der Waals surface area contributed by atoms with E-state index in [1.54, 1.807) is 13.8 Å². The Bertz CT molecular complexity index is 2860. The van der Waals surface area contributed by atoms with Crippen LogP contribution in [0.1, 0.15) is 218 Å². The Hall–Kier alpha value is -4.98. The molecule has 13 nitrogen and oxygen atoms in total. The molecule has 3 N–H and O–H groups in total. The number of carbonyl (C=O) groups excluding carboxylic acids is 4. The fourth-order valence-corrected chi connectivity index (χ4v) is 20.6. The predicted molar refractivity (Wildman–Crippen MR) is 335 cm³/mol. The van der Waals surface area contributed by atoms with Gasteiger partial charge in [0.15, 0.2) is 0 Å². The molecule has 7 aliphatic carbocycles. The number of carbonyl (C=O) groups is 4. The molecule has 3 aromatic rings. The van der Waals surface area contributed by atoms with Crippen molar-refractivity contribution in [3.63, 3.8) is 0 Å². The minimum atomic E-state index is -0.284. The third kappa shape index (κ3) is 11.4. The largest absolute Gasteiger partial charge is 0.450 e. The van der Waals surface area contributed by atoms with Crippen LogP contribution >= 0.6 is 0 Å². The number of nitrogens with one attached hydrogen (secondary N) is 3. The number of nitrogens with zero attached hydrogens (tertiary/aromatic N) is 4. The number of likely N-dealkylation sites (tertiary alicyclic amines) is 3. The van der Waals surface area contributed by atoms with Gasteiger partial charge in [-0.3, -0.25) is 9.59 Å². The number of fused-ring (bicyclic) bond motifs is 12. The SMILES string of the molecule is CC(=O)N[C@@H]1CC2(CCN([C@@H]3C[C@H]4CC[C@@H]3C4)CC2)c2ccccc21.CCOC(=O)N1C2CCC1CC(N1CCC3(CC1)CC(NC(C)=O)c1ccccc13)C2.CCOC(=O)N[C@H]1CC2(CCN(C[C@H]3C[C@H]4CC[C@H]3C4)CC2)c2ccccc21.[HH].[HH].[HH]. The van der Waals surface area contributed by atoms with Gasteiger partial charge in [0.1, 0.15) is 0 Å². The second-order valence-electron chi connectivity index (χ2n) is 28.8. The zero-order valence-corrected chi connectivity index (χ0v) is 51.3. The molecular formula is C71H105N7O6. The lowest BCUT2D eigenvalue weighted by atomic mass is 9.73. The Balaban J connectivity index is 0.000000143. The summed E-state index contributed by atoms with van der Waals surface area (Å²) in [6, 6.07) is 28.9. The first-order chi connectivity index (χ1) is 40.8. The Morgan fingerprint density at radius 3 is 1.39 bits per heavy atom. The van der Waals surface area contributed by atoms with E-state index in [0.717, 1.165) is 107 Å². The van der Waals surface area contributed by atoms with Gasteiger partial charge in [-0.1, -0.05) is 85.6 Å². The van der Waals surface area contributed by atoms with Crippen molar-refractivity contribution in [2.75, 3.05) is 59.0 Å². The van der Waals surface area contributed by atoms with Crippen molar-refractivity contribution in [1.29, 1.82) is 0 Å². The van der Waals surface area contributed by atoms with Crippen molar-refractivity contribution in [2.45, 2.75) is 221 Å². The summed E-state index contributed by atoms with van der Waals surface area (Å²) in [7, 11) is 0. The summed E-state index contributed by atoms with van der Waals surface area (Å²) in [6.45, 7) is 16.3. The van der Waals surface area contributed by atoms with Crippen LogP contribution in [0, 0.1) is 29.6 Å². The van der Waals surface area contributed by atoms with E-state index >= 15 is 0 Å². The van der Waals surface area contributed by atoms with Crippen LogP contribution in [-0.2, 0) is 35.3 Å². The highest BCUT2D eigenvalue weighted by Crippen LogP contribution is 2.56. The van der Waals surface area contributed by atoms with E-state index in [9.17, 15) is 19.2 Å². The lowest BCUT2D eigenvalue weighted by Gasteiger charge is -2.47. The molecule has 5 aliphatic heterocycles. The summed E-state index contributed by atoms with van der Waals surface area (Å²) >= 11 is 0. The highest BCUT2D eigenvalue weighted by atomic mass is 16.6. The summed E-state index contributed by atoms with van der Waals surface area (Å²) in [5.74, 6) is 5.19. The minimum Gasteiger partial charge on any atom is -0.450 e. The van der Waals surface area contributed by atoms with Gasteiger partial charge in [0.2, 0.25) is 11.8 Å². The number of amides is 4. The van der Waals surface area contributed by atoms with Crippen LogP contribution in [0.5, 0.6) is 0 Å². The maximum atomic E-state index is 12.4. The van der Waals surface area contributed by atoms with E-state index in [0.29, 0.717) is 31.3 Å². The summed E-state index contributed by atoms with van der Waals surface area (Å²) in [4.78, 5) is 58.2. The maximum absolute atomic E-state index is 12.4. The topological polar surface area (TPSA) is 136 Å². The maximum Gasteiger partial charge on any atom is 0.410 e. The fourth-order valence-electron chi connectivity index (χ4n) is 20.6.